The van der Waals surface area contributed by atoms with Gasteiger partial charge in [-0.3, -0.25) is 13.9 Å². The third-order valence-electron chi connectivity index (χ3n) is 6.36. The fourth-order valence-corrected chi connectivity index (χ4v) is 5.71. The number of rotatable bonds is 12. The number of aryl methyl sites for hydroxylation is 1. The van der Waals surface area contributed by atoms with E-state index in [-0.39, 0.29) is 29.0 Å². The number of nitrogens with zero attached hydrogens (tertiary/aromatic N) is 2. The number of hydrogen-bond donors (Lipinski definition) is 1. The normalized spacial score (nSPS) is 12.1. The number of carbonyl (C=O) groups excluding carboxylic acids is 2. The van der Waals surface area contributed by atoms with Crippen molar-refractivity contribution in [1.29, 1.82) is 0 Å². The van der Waals surface area contributed by atoms with Crippen LogP contribution in [-0.4, -0.2) is 51.4 Å². The van der Waals surface area contributed by atoms with Crippen molar-refractivity contribution in [2.45, 2.75) is 45.2 Å². The Hall–Kier alpha value is -3.56. The average Bonchev–Trinajstić information content (AvgIpc) is 2.94. The van der Waals surface area contributed by atoms with Gasteiger partial charge in [0, 0.05) is 18.1 Å². The largest absolute Gasteiger partial charge is 0.495 e. The quantitative estimate of drug-likeness (QED) is 0.321. The van der Waals surface area contributed by atoms with E-state index in [1.54, 1.807) is 67.6 Å². The van der Waals surface area contributed by atoms with Crippen LogP contribution in [0.3, 0.4) is 0 Å². The highest BCUT2D eigenvalue weighted by Crippen LogP contribution is 2.33. The summed E-state index contributed by atoms with van der Waals surface area (Å²) in [5.41, 5.74) is 1.63. The molecule has 3 rings (SSSR count). The highest BCUT2D eigenvalue weighted by Gasteiger charge is 2.34. The molecule has 1 atom stereocenters. The van der Waals surface area contributed by atoms with Gasteiger partial charge in [0.2, 0.25) is 11.8 Å². The molecule has 0 fully saturated rings. The molecule has 1 N–H and O–H groups in total. The number of methoxy groups -OCH3 is 1. The first kappa shape index (κ1) is 31.0. The fraction of sp³-hybridized carbons (Fsp3) is 0.333. The molecule has 40 heavy (non-hydrogen) atoms. The second-order valence-electron chi connectivity index (χ2n) is 9.93. The van der Waals surface area contributed by atoms with Crippen LogP contribution in [0.15, 0.2) is 77.7 Å². The van der Waals surface area contributed by atoms with E-state index in [1.807, 2.05) is 20.8 Å². The van der Waals surface area contributed by atoms with Crippen LogP contribution < -0.4 is 14.4 Å². The van der Waals surface area contributed by atoms with Crippen LogP contribution >= 0.6 is 11.6 Å². The molecule has 0 aromatic heterocycles. The molecular weight excluding hydrogens is 550 g/mol. The maximum Gasteiger partial charge on any atom is 0.264 e. The lowest BCUT2D eigenvalue weighted by Crippen LogP contribution is -2.51. The van der Waals surface area contributed by atoms with E-state index in [0.29, 0.717) is 22.9 Å². The Balaban J connectivity index is 2.08. The minimum atomic E-state index is -4.20. The maximum atomic E-state index is 14.0. The van der Waals surface area contributed by atoms with Crippen LogP contribution in [0.5, 0.6) is 5.75 Å². The van der Waals surface area contributed by atoms with Crippen LogP contribution in [0.1, 0.15) is 31.9 Å². The number of amides is 2. The van der Waals surface area contributed by atoms with Crippen LogP contribution in [0.2, 0.25) is 5.02 Å². The van der Waals surface area contributed by atoms with Gasteiger partial charge in [0.15, 0.2) is 0 Å². The predicted octanol–water partition coefficient (Wildman–Crippen LogP) is 5.04. The zero-order valence-electron chi connectivity index (χ0n) is 23.4. The summed E-state index contributed by atoms with van der Waals surface area (Å²) in [6.45, 7) is 7.27. The van der Waals surface area contributed by atoms with Gasteiger partial charge in [-0.25, -0.2) is 8.42 Å². The molecule has 0 radical (unpaired) electrons. The minimum absolute atomic E-state index is 0.0128. The lowest BCUT2D eigenvalue weighted by Gasteiger charge is -2.32. The van der Waals surface area contributed by atoms with E-state index in [1.165, 1.54) is 24.1 Å². The summed E-state index contributed by atoms with van der Waals surface area (Å²) < 4.78 is 34.5. The molecule has 0 saturated carbocycles. The molecule has 2 amide bonds. The maximum absolute atomic E-state index is 14.0. The second-order valence-corrected chi connectivity index (χ2v) is 12.2. The molecule has 0 aliphatic rings. The molecule has 0 saturated heterocycles. The van der Waals surface area contributed by atoms with E-state index in [0.717, 1.165) is 9.87 Å². The number of sulfonamides is 1. The zero-order chi connectivity index (χ0) is 29.4. The number of hydrogen-bond acceptors (Lipinski definition) is 5. The second kappa shape index (κ2) is 13.7. The molecule has 0 spiro atoms. The summed E-state index contributed by atoms with van der Waals surface area (Å²) in [7, 11) is -2.76. The van der Waals surface area contributed by atoms with Gasteiger partial charge in [0.05, 0.1) is 17.7 Å². The van der Waals surface area contributed by atoms with Gasteiger partial charge in [-0.05, 0) is 61.2 Å². The summed E-state index contributed by atoms with van der Waals surface area (Å²) in [6.07, 6.45) is 0. The summed E-state index contributed by atoms with van der Waals surface area (Å²) >= 11 is 6.41. The Morgan fingerprint density at radius 2 is 1.62 bits per heavy atom. The van der Waals surface area contributed by atoms with Crippen LogP contribution in [0.25, 0.3) is 0 Å². The fourth-order valence-electron chi connectivity index (χ4n) is 4.07. The van der Waals surface area contributed by atoms with Gasteiger partial charge in [0.1, 0.15) is 18.3 Å². The third kappa shape index (κ3) is 7.55. The summed E-state index contributed by atoms with van der Waals surface area (Å²) in [5, 5.41) is 3.30. The first-order valence-corrected chi connectivity index (χ1v) is 14.8. The van der Waals surface area contributed by atoms with Crippen molar-refractivity contribution >= 4 is 39.1 Å². The molecule has 3 aromatic rings. The van der Waals surface area contributed by atoms with Crippen molar-refractivity contribution in [1.82, 2.24) is 10.2 Å². The van der Waals surface area contributed by atoms with Crippen LogP contribution in [0, 0.1) is 12.8 Å². The highest BCUT2D eigenvalue weighted by molar-refractivity contribution is 7.92. The van der Waals surface area contributed by atoms with Crippen LogP contribution in [0.4, 0.5) is 5.69 Å². The molecular formula is C30H36ClN3O5S. The molecule has 214 valence electrons. The predicted molar refractivity (Wildman–Crippen MR) is 158 cm³/mol. The summed E-state index contributed by atoms with van der Waals surface area (Å²) in [5.74, 6) is -0.419. The highest BCUT2D eigenvalue weighted by atomic mass is 35.5. The molecule has 8 nitrogen and oxygen atoms in total. The van der Waals surface area contributed by atoms with Gasteiger partial charge in [-0.15, -0.1) is 0 Å². The monoisotopic (exact) mass is 585 g/mol. The zero-order valence-corrected chi connectivity index (χ0v) is 25.0. The number of nitrogens with one attached hydrogen (secondary N) is 1. The first-order chi connectivity index (χ1) is 18.9. The molecule has 0 aliphatic heterocycles. The van der Waals surface area contributed by atoms with Crippen molar-refractivity contribution in [3.63, 3.8) is 0 Å². The van der Waals surface area contributed by atoms with E-state index in [9.17, 15) is 18.0 Å². The van der Waals surface area contributed by atoms with Gasteiger partial charge in [-0.2, -0.15) is 0 Å². The number of benzene rings is 3. The molecule has 0 bridgehead atoms. The third-order valence-corrected chi connectivity index (χ3v) is 8.51. The lowest BCUT2D eigenvalue weighted by molar-refractivity contribution is -0.139. The number of ether oxygens (including phenoxy) is 1. The van der Waals surface area contributed by atoms with Gasteiger partial charge < -0.3 is 15.0 Å². The van der Waals surface area contributed by atoms with Crippen LogP contribution in [-0.2, 0) is 26.2 Å². The van der Waals surface area contributed by atoms with Crippen molar-refractivity contribution in [2.24, 2.45) is 5.92 Å². The van der Waals surface area contributed by atoms with Crippen molar-refractivity contribution in [2.75, 3.05) is 24.5 Å². The number of anilines is 1. The smallest absolute Gasteiger partial charge is 0.264 e. The van der Waals surface area contributed by atoms with E-state index < -0.39 is 28.5 Å². The van der Waals surface area contributed by atoms with Crippen molar-refractivity contribution in [3.8, 4) is 5.75 Å². The van der Waals surface area contributed by atoms with E-state index >= 15 is 0 Å². The Bertz CT molecular complexity index is 1430. The molecule has 0 heterocycles. The van der Waals surface area contributed by atoms with Crippen molar-refractivity contribution in [3.05, 3.63) is 88.9 Å². The van der Waals surface area contributed by atoms with Gasteiger partial charge >= 0.3 is 0 Å². The lowest BCUT2D eigenvalue weighted by atomic mass is 10.1. The number of halogens is 1. The average molecular weight is 586 g/mol. The van der Waals surface area contributed by atoms with Gasteiger partial charge in [0.25, 0.3) is 10.0 Å². The number of carbonyl (C=O) groups is 2. The topological polar surface area (TPSA) is 96.0 Å². The Labute approximate surface area is 241 Å². The summed E-state index contributed by atoms with van der Waals surface area (Å²) in [6, 6.07) is 19.1. The molecule has 0 aliphatic carbocycles. The Morgan fingerprint density at radius 1 is 0.975 bits per heavy atom. The molecule has 0 unspecified atom stereocenters. The van der Waals surface area contributed by atoms with E-state index in [4.69, 9.17) is 16.3 Å². The summed E-state index contributed by atoms with van der Waals surface area (Å²) in [4.78, 5) is 28.5. The molecule has 10 heteroatoms. The Morgan fingerprint density at radius 3 is 2.25 bits per heavy atom. The van der Waals surface area contributed by atoms with E-state index in [2.05, 4.69) is 5.32 Å². The van der Waals surface area contributed by atoms with Gasteiger partial charge in [-0.1, -0.05) is 67.9 Å². The Kier molecular flexibility index (Phi) is 10.6. The minimum Gasteiger partial charge on any atom is -0.495 e. The van der Waals surface area contributed by atoms with Crippen molar-refractivity contribution < 1.29 is 22.7 Å². The first-order valence-electron chi connectivity index (χ1n) is 13.0. The standard InChI is InChI=1S/C30H36ClN3O5S/c1-21(2)18-32-30(36)23(4)33(19-24-11-9-10-14-26(24)31)29(35)20-34(27-17-22(3)15-16-28(27)39-5)40(37,38)25-12-7-6-8-13-25/h6-17,21,23H,18-20H2,1-5H3,(H,32,36)/t23-/m1/s1. The SMILES string of the molecule is COc1ccc(C)cc1N(CC(=O)N(Cc1ccccc1Cl)[C@H](C)C(=O)NCC(C)C)S(=O)(=O)c1ccccc1. The molecule has 3 aromatic carbocycles.